The Bertz CT molecular complexity index is 534. The van der Waals surface area contributed by atoms with Gasteiger partial charge in [0.15, 0.2) is 0 Å². The minimum Gasteiger partial charge on any atom is -0.465 e. The fourth-order valence-electron chi connectivity index (χ4n) is 1.99. The van der Waals surface area contributed by atoms with Crippen molar-refractivity contribution >= 4 is 17.3 Å². The summed E-state index contributed by atoms with van der Waals surface area (Å²) in [4.78, 5) is 23.6. The van der Waals surface area contributed by atoms with Crippen LogP contribution in [0, 0.1) is 15.9 Å². The lowest BCUT2D eigenvalue weighted by Gasteiger charge is -2.19. The lowest BCUT2D eigenvalue weighted by Crippen LogP contribution is -2.20. The molecule has 0 bridgehead atoms. The molecule has 0 radical (unpaired) electrons. The molecule has 6 nitrogen and oxygen atoms in total. The average Bonchev–Trinajstić information content (AvgIpc) is 2.46. The lowest BCUT2D eigenvalue weighted by molar-refractivity contribution is -0.384. The van der Waals surface area contributed by atoms with E-state index in [0.29, 0.717) is 6.54 Å². The molecular weight excluding hydrogens is 279 g/mol. The normalized spacial score (nSPS) is 10.3. The maximum atomic E-state index is 13.8. The number of ether oxygens (including phenoxy) is 1. The highest BCUT2D eigenvalue weighted by molar-refractivity contribution is 5.92. The molecule has 7 heteroatoms. The zero-order valence-electron chi connectivity index (χ0n) is 12.4. The van der Waals surface area contributed by atoms with Gasteiger partial charge in [-0.15, -0.1) is 0 Å². The van der Waals surface area contributed by atoms with Gasteiger partial charge >= 0.3 is 5.97 Å². The fraction of sp³-hybridized carbons (Fsp3) is 0.500. The molecule has 1 rings (SSSR count). The molecule has 0 heterocycles. The van der Waals surface area contributed by atoms with Crippen LogP contribution in [0.2, 0.25) is 0 Å². The van der Waals surface area contributed by atoms with Gasteiger partial charge < -0.3 is 9.64 Å². The van der Waals surface area contributed by atoms with E-state index in [1.165, 1.54) is 6.07 Å². The summed E-state index contributed by atoms with van der Waals surface area (Å²) < 4.78 is 18.3. The molecule has 1 aromatic rings. The van der Waals surface area contributed by atoms with Crippen molar-refractivity contribution in [2.45, 2.75) is 26.2 Å². The second kappa shape index (κ2) is 7.56. The molecule has 0 saturated carbocycles. The van der Waals surface area contributed by atoms with Gasteiger partial charge in [-0.25, -0.2) is 9.18 Å². The number of hydrogen-bond donors (Lipinski definition) is 0. The van der Waals surface area contributed by atoms with E-state index < -0.39 is 16.7 Å². The van der Waals surface area contributed by atoms with Crippen molar-refractivity contribution in [3.05, 3.63) is 33.6 Å². The van der Waals surface area contributed by atoms with Gasteiger partial charge in [0.2, 0.25) is 0 Å². The first kappa shape index (κ1) is 16.9. The number of nitro benzene ring substituents is 1. The van der Waals surface area contributed by atoms with E-state index in [0.717, 1.165) is 32.4 Å². The first-order valence-corrected chi connectivity index (χ1v) is 6.69. The highest BCUT2D eigenvalue weighted by Gasteiger charge is 2.24. The Morgan fingerprint density at radius 3 is 2.62 bits per heavy atom. The van der Waals surface area contributed by atoms with Crippen LogP contribution in [-0.2, 0) is 4.74 Å². The summed E-state index contributed by atoms with van der Waals surface area (Å²) >= 11 is 0. The van der Waals surface area contributed by atoms with Crippen LogP contribution in [0.4, 0.5) is 15.8 Å². The van der Waals surface area contributed by atoms with Gasteiger partial charge in [-0.3, -0.25) is 10.1 Å². The Balaban J connectivity index is 3.19. The third-order valence-corrected chi connectivity index (χ3v) is 3.17. The molecule has 0 spiro atoms. The number of nitrogens with zero attached hydrogens (tertiary/aromatic N) is 2. The summed E-state index contributed by atoms with van der Waals surface area (Å²) in [6.45, 7) is 2.64. The van der Waals surface area contributed by atoms with E-state index in [1.54, 1.807) is 11.9 Å². The third kappa shape index (κ3) is 4.14. The molecule has 0 amide bonds. The van der Waals surface area contributed by atoms with Crippen LogP contribution in [0.15, 0.2) is 12.1 Å². The Morgan fingerprint density at radius 2 is 2.10 bits per heavy atom. The topological polar surface area (TPSA) is 72.7 Å². The minimum absolute atomic E-state index is 0.206. The number of anilines is 1. The van der Waals surface area contributed by atoms with Gasteiger partial charge in [-0.2, -0.15) is 0 Å². The zero-order chi connectivity index (χ0) is 16.0. The molecule has 0 aromatic heterocycles. The number of rotatable bonds is 7. The molecular formula is C14H19FN2O4. The van der Waals surface area contributed by atoms with Gasteiger partial charge in [0.1, 0.15) is 11.5 Å². The van der Waals surface area contributed by atoms with Crippen molar-refractivity contribution in [1.82, 2.24) is 0 Å². The predicted octanol–water partition coefficient (Wildman–Crippen LogP) is 3.15. The largest absolute Gasteiger partial charge is 0.465 e. The predicted molar refractivity (Wildman–Crippen MR) is 77.2 cm³/mol. The number of halogens is 1. The molecule has 0 unspecified atom stereocenters. The van der Waals surface area contributed by atoms with E-state index in [2.05, 4.69) is 11.7 Å². The van der Waals surface area contributed by atoms with E-state index in [1.807, 2.05) is 0 Å². The monoisotopic (exact) mass is 298 g/mol. The van der Waals surface area contributed by atoms with E-state index in [4.69, 9.17) is 0 Å². The van der Waals surface area contributed by atoms with Crippen molar-refractivity contribution in [1.29, 1.82) is 0 Å². The van der Waals surface area contributed by atoms with E-state index in [-0.39, 0.29) is 16.9 Å². The Kier molecular flexibility index (Phi) is 6.08. The number of esters is 1. The Morgan fingerprint density at radius 1 is 1.43 bits per heavy atom. The summed E-state index contributed by atoms with van der Waals surface area (Å²) in [6.07, 6.45) is 2.87. The summed E-state index contributed by atoms with van der Waals surface area (Å²) in [5, 5.41) is 11.1. The van der Waals surface area contributed by atoms with Crippen LogP contribution in [0.3, 0.4) is 0 Å². The standard InChI is InChI=1S/C14H19FN2O4/c1-4-5-6-7-16(2)12-8-10(14(18)21-3)11(15)9-13(12)17(19)20/h8-9H,4-7H2,1-3H3. The number of carbonyl (C=O) groups excluding carboxylic acids is 1. The third-order valence-electron chi connectivity index (χ3n) is 3.17. The second-order valence-corrected chi connectivity index (χ2v) is 4.70. The smallest absolute Gasteiger partial charge is 0.340 e. The fourth-order valence-corrected chi connectivity index (χ4v) is 1.99. The number of methoxy groups -OCH3 is 1. The van der Waals surface area contributed by atoms with Crippen molar-refractivity contribution in [3.63, 3.8) is 0 Å². The highest BCUT2D eigenvalue weighted by atomic mass is 19.1. The first-order chi connectivity index (χ1) is 9.92. The quantitative estimate of drug-likeness (QED) is 0.334. The highest BCUT2D eigenvalue weighted by Crippen LogP contribution is 2.31. The molecule has 0 N–H and O–H groups in total. The Labute approximate surface area is 122 Å². The summed E-state index contributed by atoms with van der Waals surface area (Å²) in [5.41, 5.74) is -0.461. The summed E-state index contributed by atoms with van der Waals surface area (Å²) in [5.74, 6) is -1.81. The maximum absolute atomic E-state index is 13.8. The van der Waals surface area contributed by atoms with Crippen LogP contribution < -0.4 is 4.90 Å². The van der Waals surface area contributed by atoms with Gasteiger partial charge in [0.25, 0.3) is 5.69 Å². The molecule has 0 aliphatic carbocycles. The van der Waals surface area contributed by atoms with Crippen LogP contribution >= 0.6 is 0 Å². The molecule has 0 atom stereocenters. The van der Waals surface area contributed by atoms with Crippen molar-refractivity contribution in [2.75, 3.05) is 25.6 Å². The number of nitro groups is 1. The van der Waals surface area contributed by atoms with Crippen LogP contribution in [0.25, 0.3) is 0 Å². The van der Waals surface area contributed by atoms with Gasteiger partial charge in [0.05, 0.1) is 23.7 Å². The molecule has 0 aliphatic heterocycles. The van der Waals surface area contributed by atoms with Crippen LogP contribution in [0.1, 0.15) is 36.5 Å². The van der Waals surface area contributed by atoms with E-state index in [9.17, 15) is 19.3 Å². The van der Waals surface area contributed by atoms with Crippen LogP contribution in [-0.4, -0.2) is 31.6 Å². The number of benzene rings is 1. The Hall–Kier alpha value is -2.18. The summed E-state index contributed by atoms with van der Waals surface area (Å²) in [7, 11) is 2.81. The molecule has 0 fully saturated rings. The number of unbranched alkanes of at least 4 members (excludes halogenated alkanes) is 2. The zero-order valence-corrected chi connectivity index (χ0v) is 12.4. The molecule has 21 heavy (non-hydrogen) atoms. The molecule has 0 saturated heterocycles. The SMILES string of the molecule is CCCCCN(C)c1cc(C(=O)OC)c(F)cc1[N+](=O)[O-]. The first-order valence-electron chi connectivity index (χ1n) is 6.69. The van der Waals surface area contributed by atoms with Gasteiger partial charge in [-0.05, 0) is 12.5 Å². The van der Waals surface area contributed by atoms with E-state index >= 15 is 0 Å². The van der Waals surface area contributed by atoms with Crippen LogP contribution in [0.5, 0.6) is 0 Å². The number of carbonyl (C=O) groups is 1. The maximum Gasteiger partial charge on any atom is 0.340 e. The molecule has 116 valence electrons. The molecule has 0 aliphatic rings. The van der Waals surface area contributed by atoms with Crippen molar-refractivity contribution in [2.24, 2.45) is 0 Å². The van der Waals surface area contributed by atoms with Gasteiger partial charge in [-0.1, -0.05) is 19.8 Å². The van der Waals surface area contributed by atoms with Gasteiger partial charge in [0, 0.05) is 13.6 Å². The summed E-state index contributed by atoms with van der Waals surface area (Å²) in [6, 6.07) is 1.93. The van der Waals surface area contributed by atoms with Crippen molar-refractivity contribution < 1.29 is 18.8 Å². The number of hydrogen-bond acceptors (Lipinski definition) is 5. The second-order valence-electron chi connectivity index (χ2n) is 4.70. The molecule has 1 aromatic carbocycles. The van der Waals surface area contributed by atoms with Crippen molar-refractivity contribution in [3.8, 4) is 0 Å². The average molecular weight is 298 g/mol. The minimum atomic E-state index is -0.959. The lowest BCUT2D eigenvalue weighted by atomic mass is 10.1.